The van der Waals surface area contributed by atoms with Crippen LogP contribution in [0.3, 0.4) is 0 Å². The van der Waals surface area contributed by atoms with E-state index in [9.17, 15) is 0 Å². The number of imidazole rings is 1. The van der Waals surface area contributed by atoms with Crippen LogP contribution in [-0.4, -0.2) is 19.9 Å². The number of rotatable bonds is 4. The van der Waals surface area contributed by atoms with Gasteiger partial charge in [0.15, 0.2) is 11.6 Å². The summed E-state index contributed by atoms with van der Waals surface area (Å²) in [7, 11) is 0. The Morgan fingerprint density at radius 3 is 2.81 bits per heavy atom. The van der Waals surface area contributed by atoms with E-state index in [2.05, 4.69) is 44.2 Å². The molecule has 0 fully saturated rings. The first-order valence-electron chi connectivity index (χ1n) is 8.49. The maximum atomic E-state index is 6.04. The van der Waals surface area contributed by atoms with Gasteiger partial charge >= 0.3 is 0 Å². The molecule has 0 aliphatic heterocycles. The Labute approximate surface area is 157 Å². The molecule has 0 saturated heterocycles. The largest absolute Gasteiger partial charge is 0.382 e. The van der Waals surface area contributed by atoms with Crippen molar-refractivity contribution in [3.63, 3.8) is 0 Å². The number of nitrogens with one attached hydrogen (secondary N) is 1. The Morgan fingerprint density at radius 1 is 1.12 bits per heavy atom. The Hall–Kier alpha value is -3.47. The van der Waals surface area contributed by atoms with Gasteiger partial charge in [-0.05, 0) is 42.7 Å². The molecule has 4 rings (SSSR count). The zero-order chi connectivity index (χ0) is 17.9. The fourth-order valence-electron chi connectivity index (χ4n) is 2.83. The van der Waals surface area contributed by atoms with Crippen molar-refractivity contribution in [2.75, 3.05) is 5.73 Å². The molecule has 0 spiro atoms. The van der Waals surface area contributed by atoms with Crippen molar-refractivity contribution >= 4 is 22.9 Å². The Balaban J connectivity index is 0.00000210. The lowest BCUT2D eigenvalue weighted by molar-refractivity contribution is 1.15. The van der Waals surface area contributed by atoms with E-state index in [1.165, 1.54) is 11.1 Å². The molecule has 0 unspecified atom stereocenters. The van der Waals surface area contributed by atoms with Crippen molar-refractivity contribution < 1.29 is 5.71 Å². The average Bonchev–Trinajstić information content (AvgIpc) is 3.07. The van der Waals surface area contributed by atoms with Crippen molar-refractivity contribution in [1.82, 2.24) is 19.9 Å². The molecule has 3 N–H and O–H groups in total. The second-order valence-electron chi connectivity index (χ2n) is 6.23. The summed E-state index contributed by atoms with van der Waals surface area (Å²) >= 11 is 0. The van der Waals surface area contributed by atoms with Gasteiger partial charge in [-0.25, -0.2) is 15.0 Å². The third-order valence-corrected chi connectivity index (χ3v) is 4.17. The van der Waals surface area contributed by atoms with Crippen molar-refractivity contribution in [1.29, 1.82) is 0 Å². The van der Waals surface area contributed by atoms with E-state index >= 15 is 0 Å². The van der Waals surface area contributed by atoms with E-state index in [0.29, 0.717) is 17.3 Å². The first kappa shape index (κ1) is 16.0. The molecular weight excluding hydrogens is 322 g/mol. The van der Waals surface area contributed by atoms with Crippen molar-refractivity contribution in [3.05, 3.63) is 77.6 Å². The normalized spacial score (nSPS) is 11.4. The molecule has 4 aromatic rings. The van der Waals surface area contributed by atoms with Gasteiger partial charge in [0.05, 0.1) is 22.9 Å². The van der Waals surface area contributed by atoms with Crippen molar-refractivity contribution in [3.8, 4) is 11.5 Å². The van der Waals surface area contributed by atoms with Crippen LogP contribution in [0.4, 0.5) is 5.82 Å². The topological polar surface area (TPSA) is 80.5 Å². The molecule has 2 aromatic carbocycles. The standard InChI is InChI=1S/C21H19N5.4H2/c1-14-10-11-17-18(12-14)26-21(25-17)19-20(22)23-13-16(24-19)9-5-8-15-6-3-2-4-7-15;;;;/h2-7,9-13H,8H2,1H3,(H2,22,23)(H,25,26);4*1H/b9-5+;;;;. The van der Waals surface area contributed by atoms with E-state index in [1.54, 1.807) is 6.20 Å². The highest BCUT2D eigenvalue weighted by Crippen LogP contribution is 2.23. The van der Waals surface area contributed by atoms with Gasteiger partial charge in [0.1, 0.15) is 5.69 Å². The number of hydrogen-bond acceptors (Lipinski definition) is 4. The highest BCUT2D eigenvalue weighted by Gasteiger charge is 2.11. The maximum Gasteiger partial charge on any atom is 0.161 e. The number of benzene rings is 2. The second kappa shape index (κ2) is 6.80. The smallest absolute Gasteiger partial charge is 0.161 e. The van der Waals surface area contributed by atoms with Crippen LogP contribution in [0.15, 0.2) is 60.8 Å². The van der Waals surface area contributed by atoms with Crippen LogP contribution in [0.5, 0.6) is 0 Å². The van der Waals surface area contributed by atoms with Crippen LogP contribution in [0.2, 0.25) is 0 Å². The number of nitrogens with two attached hydrogens (primary N) is 1. The second-order valence-corrected chi connectivity index (χ2v) is 6.23. The maximum absolute atomic E-state index is 6.04. The molecule has 0 atom stereocenters. The van der Waals surface area contributed by atoms with Gasteiger partial charge in [-0.1, -0.05) is 42.5 Å². The third-order valence-electron chi connectivity index (χ3n) is 4.17. The van der Waals surface area contributed by atoms with Crippen LogP contribution in [-0.2, 0) is 6.42 Å². The minimum atomic E-state index is 0. The zero-order valence-electron chi connectivity index (χ0n) is 14.5. The molecule has 5 heteroatoms. The van der Waals surface area contributed by atoms with Gasteiger partial charge in [0.2, 0.25) is 0 Å². The van der Waals surface area contributed by atoms with Crippen LogP contribution >= 0.6 is 0 Å². The Bertz CT molecular complexity index is 1100. The minimum Gasteiger partial charge on any atom is -0.382 e. The summed E-state index contributed by atoms with van der Waals surface area (Å²) in [5, 5.41) is 0. The lowest BCUT2D eigenvalue weighted by Gasteiger charge is -2.02. The van der Waals surface area contributed by atoms with Gasteiger partial charge in [-0.2, -0.15) is 0 Å². The predicted molar refractivity (Wildman–Crippen MR) is 114 cm³/mol. The Kier molecular flexibility index (Phi) is 4.19. The number of aryl methyl sites for hydroxylation is 1. The molecule has 0 aliphatic carbocycles. The molecule has 2 heterocycles. The van der Waals surface area contributed by atoms with Crippen LogP contribution in [0.1, 0.15) is 22.5 Å². The van der Waals surface area contributed by atoms with E-state index in [4.69, 9.17) is 5.73 Å². The van der Waals surface area contributed by atoms with Gasteiger partial charge in [-0.3, -0.25) is 0 Å². The highest BCUT2D eigenvalue weighted by molar-refractivity contribution is 5.81. The number of nitrogens with zero attached hydrogens (tertiary/aromatic N) is 3. The van der Waals surface area contributed by atoms with Crippen LogP contribution < -0.4 is 5.73 Å². The zero-order valence-corrected chi connectivity index (χ0v) is 14.5. The summed E-state index contributed by atoms with van der Waals surface area (Å²) in [6.07, 6.45) is 6.54. The van der Waals surface area contributed by atoms with Gasteiger partial charge < -0.3 is 10.7 Å². The van der Waals surface area contributed by atoms with E-state index in [1.807, 2.05) is 43.3 Å². The number of hydrogen-bond donors (Lipinski definition) is 2. The molecular formula is C21H27N5. The van der Waals surface area contributed by atoms with Gasteiger partial charge in [0.25, 0.3) is 0 Å². The van der Waals surface area contributed by atoms with Gasteiger partial charge in [0, 0.05) is 5.71 Å². The van der Waals surface area contributed by atoms with Crippen LogP contribution in [0, 0.1) is 6.92 Å². The van der Waals surface area contributed by atoms with Crippen LogP contribution in [0.25, 0.3) is 28.6 Å². The molecule has 0 bridgehead atoms. The summed E-state index contributed by atoms with van der Waals surface area (Å²) in [5.41, 5.74) is 11.6. The number of H-pyrrole nitrogens is 1. The molecule has 136 valence electrons. The lowest BCUT2D eigenvalue weighted by atomic mass is 10.1. The third kappa shape index (κ3) is 3.32. The molecule has 2 aromatic heterocycles. The van der Waals surface area contributed by atoms with Crippen molar-refractivity contribution in [2.45, 2.75) is 13.3 Å². The van der Waals surface area contributed by atoms with E-state index in [0.717, 1.165) is 23.1 Å². The summed E-state index contributed by atoms with van der Waals surface area (Å²) < 4.78 is 0. The Morgan fingerprint density at radius 2 is 1.96 bits per heavy atom. The average molecular weight is 349 g/mol. The number of fused-ring (bicyclic) bond motifs is 1. The number of anilines is 1. The highest BCUT2D eigenvalue weighted by atomic mass is 15.0. The predicted octanol–water partition coefficient (Wildman–Crippen LogP) is 5.15. The summed E-state index contributed by atoms with van der Waals surface area (Å²) in [6.45, 7) is 2.05. The molecule has 0 radical (unpaired) electrons. The SMILES string of the molecule is Cc1ccc2nc(-c3nc(/C=C/Cc4ccccc4)cnc3N)[nH]c2c1.[HH].[HH].[HH].[HH]. The fraction of sp³-hybridized carbons (Fsp3) is 0.0952. The first-order valence-corrected chi connectivity index (χ1v) is 8.49. The molecule has 26 heavy (non-hydrogen) atoms. The molecule has 0 saturated carbocycles. The lowest BCUT2D eigenvalue weighted by Crippen LogP contribution is -1.99. The number of aromatic nitrogens is 4. The molecule has 5 nitrogen and oxygen atoms in total. The molecule has 0 aliphatic rings. The first-order chi connectivity index (χ1) is 12.7. The van der Waals surface area contributed by atoms with E-state index in [-0.39, 0.29) is 5.71 Å². The molecule has 0 amide bonds. The fourth-order valence-corrected chi connectivity index (χ4v) is 2.83. The number of allylic oxidation sites excluding steroid dienone is 1. The summed E-state index contributed by atoms with van der Waals surface area (Å²) in [4.78, 5) is 16.8. The number of nitrogen functional groups attached to an aromatic ring is 1. The minimum absolute atomic E-state index is 0. The van der Waals surface area contributed by atoms with E-state index < -0.39 is 0 Å². The van der Waals surface area contributed by atoms with Crippen molar-refractivity contribution in [2.24, 2.45) is 0 Å². The summed E-state index contributed by atoms with van der Waals surface area (Å²) in [5.74, 6) is 0.995. The number of aromatic amines is 1. The monoisotopic (exact) mass is 349 g/mol. The van der Waals surface area contributed by atoms with Gasteiger partial charge in [-0.15, -0.1) is 0 Å². The summed E-state index contributed by atoms with van der Waals surface area (Å²) in [6, 6.07) is 16.4. The quantitative estimate of drug-likeness (QED) is 0.534.